The maximum Gasteiger partial charge on any atom is 0.332 e. The van der Waals surface area contributed by atoms with Gasteiger partial charge in [0.25, 0.3) is 5.56 Å². The van der Waals surface area contributed by atoms with Gasteiger partial charge in [-0.1, -0.05) is 30.3 Å². The van der Waals surface area contributed by atoms with E-state index in [0.717, 1.165) is 21.5 Å². The number of fused-ring (bicyclic) bond motifs is 3. The molecule has 0 bridgehead atoms. The largest absolute Gasteiger partial charge is 0.332 e. The van der Waals surface area contributed by atoms with Crippen LogP contribution in [0.3, 0.4) is 0 Å². The van der Waals surface area contributed by atoms with Crippen LogP contribution in [0.1, 0.15) is 5.69 Å². The first-order valence-corrected chi connectivity index (χ1v) is 7.62. The smallest absolute Gasteiger partial charge is 0.317 e. The summed E-state index contributed by atoms with van der Waals surface area (Å²) in [6.45, 7) is 2.00. The van der Waals surface area contributed by atoms with E-state index < -0.39 is 0 Å². The van der Waals surface area contributed by atoms with Crippen molar-refractivity contribution in [2.45, 2.75) is 6.92 Å². The third-order valence-corrected chi connectivity index (χ3v) is 4.66. The van der Waals surface area contributed by atoms with Crippen LogP contribution in [-0.2, 0) is 21.1 Å². The van der Waals surface area contributed by atoms with Gasteiger partial charge in [-0.05, 0) is 6.92 Å². The Bertz CT molecular complexity index is 1220. The summed E-state index contributed by atoms with van der Waals surface area (Å²) in [5, 5.41) is 0. The molecule has 0 aliphatic heterocycles. The molecule has 122 valence electrons. The first-order valence-electron chi connectivity index (χ1n) is 7.62. The Morgan fingerprint density at radius 1 is 0.917 bits per heavy atom. The predicted molar refractivity (Wildman–Crippen MR) is 92.3 cm³/mol. The van der Waals surface area contributed by atoms with Crippen molar-refractivity contribution in [2.24, 2.45) is 21.1 Å². The number of nitrogens with zero attached hydrogens (tertiary/aromatic N) is 5. The molecule has 0 spiro atoms. The van der Waals surface area contributed by atoms with Crippen LogP contribution >= 0.6 is 0 Å². The summed E-state index contributed by atoms with van der Waals surface area (Å²) in [4.78, 5) is 29.5. The van der Waals surface area contributed by atoms with Crippen molar-refractivity contribution in [3.05, 3.63) is 56.9 Å². The van der Waals surface area contributed by atoms with Crippen molar-refractivity contribution >= 4 is 16.9 Å². The Labute approximate surface area is 137 Å². The van der Waals surface area contributed by atoms with Gasteiger partial charge in [0.05, 0.1) is 5.69 Å². The molecule has 3 heterocycles. The Balaban J connectivity index is 2.33. The minimum absolute atomic E-state index is 0.344. The molecule has 0 aliphatic rings. The average Bonchev–Trinajstić information content (AvgIpc) is 3.08. The van der Waals surface area contributed by atoms with Gasteiger partial charge in [0.2, 0.25) is 5.78 Å². The van der Waals surface area contributed by atoms with Crippen molar-refractivity contribution < 1.29 is 0 Å². The lowest BCUT2D eigenvalue weighted by Crippen LogP contribution is -2.37. The first-order chi connectivity index (χ1) is 11.4. The first kappa shape index (κ1) is 14.5. The number of aryl methyl sites for hydroxylation is 2. The van der Waals surface area contributed by atoms with Crippen molar-refractivity contribution in [3.63, 3.8) is 0 Å². The molecule has 0 saturated carbocycles. The zero-order valence-corrected chi connectivity index (χ0v) is 13.9. The lowest BCUT2D eigenvalue weighted by molar-refractivity contribution is 0.708. The number of hydrogen-bond acceptors (Lipinski definition) is 3. The minimum Gasteiger partial charge on any atom is -0.317 e. The van der Waals surface area contributed by atoms with Crippen LogP contribution in [0.15, 0.2) is 39.9 Å². The molecule has 4 rings (SSSR count). The van der Waals surface area contributed by atoms with Gasteiger partial charge < -0.3 is 4.57 Å². The van der Waals surface area contributed by atoms with E-state index in [1.165, 1.54) is 11.6 Å². The number of hydrogen-bond donors (Lipinski definition) is 0. The van der Waals surface area contributed by atoms with E-state index in [9.17, 15) is 9.59 Å². The molecule has 0 radical (unpaired) electrons. The normalized spacial score (nSPS) is 11.7. The van der Waals surface area contributed by atoms with Crippen molar-refractivity contribution in [3.8, 4) is 11.3 Å². The quantitative estimate of drug-likeness (QED) is 0.529. The van der Waals surface area contributed by atoms with E-state index in [4.69, 9.17) is 0 Å². The topological polar surface area (TPSA) is 66.2 Å². The molecule has 3 aromatic heterocycles. The van der Waals surface area contributed by atoms with Gasteiger partial charge in [-0.2, -0.15) is 4.98 Å². The second-order valence-corrected chi connectivity index (χ2v) is 5.98. The molecule has 0 fully saturated rings. The zero-order valence-electron chi connectivity index (χ0n) is 13.9. The maximum atomic E-state index is 12.8. The standard InChI is InChI=1S/C17H17N5O2/c1-10-12(11-8-6-5-7-9-11)22-13-14(18-16(22)19(10)2)20(3)17(24)21(4)15(13)23/h5-9H,1-4H3. The highest BCUT2D eigenvalue weighted by Gasteiger charge is 2.22. The third kappa shape index (κ3) is 1.63. The average molecular weight is 323 g/mol. The van der Waals surface area contributed by atoms with Gasteiger partial charge in [0.1, 0.15) is 0 Å². The van der Waals surface area contributed by atoms with Crippen molar-refractivity contribution in [1.29, 1.82) is 0 Å². The zero-order chi connectivity index (χ0) is 17.2. The van der Waals surface area contributed by atoms with Gasteiger partial charge in [0, 0.05) is 32.4 Å². The fourth-order valence-electron chi connectivity index (χ4n) is 3.23. The molecule has 7 heteroatoms. The lowest BCUT2D eigenvalue weighted by atomic mass is 10.1. The second kappa shape index (κ2) is 4.70. The molecule has 0 amide bonds. The van der Waals surface area contributed by atoms with Crippen LogP contribution in [0.4, 0.5) is 0 Å². The molecule has 0 saturated heterocycles. The predicted octanol–water partition coefficient (Wildman–Crippen LogP) is 1.20. The van der Waals surface area contributed by atoms with E-state index in [2.05, 4.69) is 4.98 Å². The summed E-state index contributed by atoms with van der Waals surface area (Å²) in [5.74, 6) is 0.639. The molecule has 1 aromatic carbocycles. The summed E-state index contributed by atoms with van der Waals surface area (Å²) in [6, 6.07) is 9.87. The Morgan fingerprint density at radius 2 is 1.58 bits per heavy atom. The van der Waals surface area contributed by atoms with Crippen LogP contribution in [0.25, 0.3) is 28.2 Å². The minimum atomic E-state index is -0.381. The molecule has 4 aromatic rings. The Morgan fingerprint density at radius 3 is 2.25 bits per heavy atom. The molecule has 0 atom stereocenters. The summed E-state index contributed by atoms with van der Waals surface area (Å²) >= 11 is 0. The Hall–Kier alpha value is -3.09. The highest BCUT2D eigenvalue weighted by atomic mass is 16.2. The molecule has 0 unspecified atom stereocenters. The van der Waals surface area contributed by atoms with E-state index in [1.807, 2.05) is 53.3 Å². The molecule has 0 N–H and O–H groups in total. The third-order valence-electron chi connectivity index (χ3n) is 4.66. The van der Waals surface area contributed by atoms with Crippen molar-refractivity contribution in [1.82, 2.24) is 23.1 Å². The molecule has 7 nitrogen and oxygen atoms in total. The number of aromatic nitrogens is 5. The highest BCUT2D eigenvalue weighted by molar-refractivity contribution is 5.81. The Kier molecular flexibility index (Phi) is 2.84. The van der Waals surface area contributed by atoms with Gasteiger partial charge in [-0.3, -0.25) is 18.3 Å². The maximum absolute atomic E-state index is 12.8. The van der Waals surface area contributed by atoms with E-state index in [1.54, 1.807) is 7.05 Å². The molecular weight excluding hydrogens is 306 g/mol. The van der Waals surface area contributed by atoms with Gasteiger partial charge in [-0.25, -0.2) is 4.79 Å². The number of rotatable bonds is 1. The fraction of sp³-hybridized carbons (Fsp3) is 0.235. The molecular formula is C17H17N5O2. The van der Waals surface area contributed by atoms with E-state index in [0.29, 0.717) is 16.9 Å². The van der Waals surface area contributed by atoms with Gasteiger partial charge in [0.15, 0.2) is 11.2 Å². The van der Waals surface area contributed by atoms with E-state index >= 15 is 0 Å². The number of benzene rings is 1. The summed E-state index contributed by atoms with van der Waals surface area (Å²) in [5.41, 5.74) is 2.99. The molecule has 24 heavy (non-hydrogen) atoms. The van der Waals surface area contributed by atoms with Crippen LogP contribution in [-0.4, -0.2) is 23.1 Å². The number of imidazole rings is 2. The highest BCUT2D eigenvalue weighted by Crippen LogP contribution is 2.28. The van der Waals surface area contributed by atoms with Crippen LogP contribution in [0.2, 0.25) is 0 Å². The molecule has 0 aliphatic carbocycles. The van der Waals surface area contributed by atoms with Gasteiger partial charge in [-0.15, -0.1) is 0 Å². The van der Waals surface area contributed by atoms with Crippen molar-refractivity contribution in [2.75, 3.05) is 0 Å². The second-order valence-electron chi connectivity index (χ2n) is 5.98. The summed E-state index contributed by atoms with van der Waals surface area (Å²) < 4.78 is 6.31. The van der Waals surface area contributed by atoms with Crippen LogP contribution in [0.5, 0.6) is 0 Å². The SMILES string of the molecule is Cc1c(-c2ccccc2)n2c3c(=O)n(C)c(=O)n(C)c3nc2n1C. The summed E-state index contributed by atoms with van der Waals surface area (Å²) in [7, 11) is 5.03. The van der Waals surface area contributed by atoms with Crippen LogP contribution in [0, 0.1) is 6.92 Å². The van der Waals surface area contributed by atoms with Crippen LogP contribution < -0.4 is 11.2 Å². The van der Waals surface area contributed by atoms with E-state index in [-0.39, 0.29) is 11.2 Å². The monoisotopic (exact) mass is 323 g/mol. The van der Waals surface area contributed by atoms with Gasteiger partial charge >= 0.3 is 5.69 Å². The lowest BCUT2D eigenvalue weighted by Gasteiger charge is -2.06. The summed E-state index contributed by atoms with van der Waals surface area (Å²) in [6.07, 6.45) is 0. The fourth-order valence-corrected chi connectivity index (χ4v) is 3.23.